The molecule has 0 aliphatic rings. The predicted molar refractivity (Wildman–Crippen MR) is 156 cm³/mol. The Bertz CT molecular complexity index is 1940. The van der Waals surface area contributed by atoms with Crippen molar-refractivity contribution in [3.63, 3.8) is 0 Å². The van der Waals surface area contributed by atoms with Crippen molar-refractivity contribution in [1.29, 1.82) is 0 Å². The molecule has 4 heteroatoms. The molecule has 3 heterocycles. The van der Waals surface area contributed by atoms with Crippen LogP contribution in [0.2, 0.25) is 0 Å². The molecule has 184 valence electrons. The molecule has 0 radical (unpaired) electrons. The van der Waals surface area contributed by atoms with E-state index in [1.807, 2.05) is 12.1 Å². The van der Waals surface area contributed by atoms with Crippen molar-refractivity contribution in [3.8, 4) is 28.2 Å². The normalized spacial score (nSPS) is 12.1. The summed E-state index contributed by atoms with van der Waals surface area (Å²) in [6.07, 6.45) is 0. The van der Waals surface area contributed by atoms with E-state index in [-0.39, 0.29) is 5.41 Å². The van der Waals surface area contributed by atoms with Crippen LogP contribution in [0.1, 0.15) is 26.5 Å². The van der Waals surface area contributed by atoms with Crippen LogP contribution >= 0.6 is 0 Å². The summed E-state index contributed by atoms with van der Waals surface area (Å²) in [5.41, 5.74) is 8.63. The molecule has 4 nitrogen and oxygen atoms in total. The van der Waals surface area contributed by atoms with E-state index in [9.17, 15) is 0 Å². The largest absolute Gasteiger partial charge is 0.455 e. The standard InChI is InChI=1S/C34H27N3O/c1-34(2,3)30-20-19-28-32(35-30)36-33(37(28)24-13-8-5-9-14-24)27-16-10-15-26-25-18-17-23(21-29(25)38-31(26)27)22-11-6-4-7-12-22/h4-21H,1-3H3. The Morgan fingerprint density at radius 3 is 2.18 bits per heavy atom. The molecule has 0 unspecified atom stereocenters. The molecule has 0 N–H and O–H groups in total. The van der Waals surface area contributed by atoms with Crippen molar-refractivity contribution in [2.45, 2.75) is 26.2 Å². The maximum atomic E-state index is 6.59. The van der Waals surface area contributed by atoms with E-state index in [1.54, 1.807) is 0 Å². The van der Waals surface area contributed by atoms with E-state index in [2.05, 4.69) is 122 Å². The van der Waals surface area contributed by atoms with Gasteiger partial charge in [-0.25, -0.2) is 9.97 Å². The van der Waals surface area contributed by atoms with E-state index < -0.39 is 0 Å². The molecule has 0 saturated carbocycles. The van der Waals surface area contributed by atoms with Gasteiger partial charge in [0.05, 0.1) is 11.1 Å². The molecule has 0 saturated heterocycles. The fourth-order valence-electron chi connectivity index (χ4n) is 5.18. The molecule has 38 heavy (non-hydrogen) atoms. The Morgan fingerprint density at radius 2 is 1.42 bits per heavy atom. The molecule has 0 bridgehead atoms. The Kier molecular flexibility index (Phi) is 4.98. The van der Waals surface area contributed by atoms with E-state index in [0.717, 1.165) is 61.4 Å². The molecule has 4 aromatic carbocycles. The van der Waals surface area contributed by atoms with Crippen LogP contribution < -0.4 is 0 Å². The van der Waals surface area contributed by atoms with Gasteiger partial charge in [0.1, 0.15) is 11.2 Å². The van der Waals surface area contributed by atoms with Gasteiger partial charge in [0.2, 0.25) is 0 Å². The number of nitrogens with zero attached hydrogens (tertiary/aromatic N) is 3. The smallest absolute Gasteiger partial charge is 0.178 e. The Morgan fingerprint density at radius 1 is 0.658 bits per heavy atom. The lowest BCUT2D eigenvalue weighted by Gasteiger charge is -2.17. The first-order valence-corrected chi connectivity index (χ1v) is 12.9. The first-order valence-electron chi connectivity index (χ1n) is 12.9. The van der Waals surface area contributed by atoms with E-state index in [1.165, 1.54) is 5.56 Å². The minimum absolute atomic E-state index is 0.0694. The van der Waals surface area contributed by atoms with Crippen LogP contribution in [-0.4, -0.2) is 14.5 Å². The summed E-state index contributed by atoms with van der Waals surface area (Å²) in [4.78, 5) is 10.1. The van der Waals surface area contributed by atoms with Crippen molar-refractivity contribution in [2.24, 2.45) is 0 Å². The highest BCUT2D eigenvalue weighted by atomic mass is 16.3. The minimum Gasteiger partial charge on any atom is -0.455 e. The van der Waals surface area contributed by atoms with Gasteiger partial charge < -0.3 is 4.42 Å². The van der Waals surface area contributed by atoms with E-state index in [0.29, 0.717) is 0 Å². The quantitative estimate of drug-likeness (QED) is 0.247. The maximum Gasteiger partial charge on any atom is 0.178 e. The van der Waals surface area contributed by atoms with E-state index in [4.69, 9.17) is 14.4 Å². The van der Waals surface area contributed by atoms with Gasteiger partial charge in [0, 0.05) is 27.6 Å². The maximum absolute atomic E-state index is 6.59. The van der Waals surface area contributed by atoms with Crippen molar-refractivity contribution in [1.82, 2.24) is 14.5 Å². The number of aromatic nitrogens is 3. The van der Waals surface area contributed by atoms with Gasteiger partial charge in [-0.15, -0.1) is 0 Å². The lowest BCUT2D eigenvalue weighted by atomic mass is 9.92. The summed E-state index contributed by atoms with van der Waals surface area (Å²) in [6, 6.07) is 37.7. The number of fused-ring (bicyclic) bond motifs is 4. The lowest BCUT2D eigenvalue weighted by molar-refractivity contribution is 0.571. The zero-order valence-electron chi connectivity index (χ0n) is 21.6. The second kappa shape index (κ2) is 8.42. The number of furan rings is 1. The average Bonchev–Trinajstić information content (AvgIpc) is 3.51. The third kappa shape index (κ3) is 3.60. The molecule has 3 aromatic heterocycles. The molecule has 0 amide bonds. The van der Waals surface area contributed by atoms with Gasteiger partial charge in [-0.3, -0.25) is 4.57 Å². The Balaban J connectivity index is 1.49. The number of hydrogen-bond acceptors (Lipinski definition) is 3. The van der Waals surface area contributed by atoms with Gasteiger partial charge in [0.25, 0.3) is 0 Å². The highest BCUT2D eigenvalue weighted by Gasteiger charge is 2.22. The monoisotopic (exact) mass is 493 g/mol. The van der Waals surface area contributed by atoms with E-state index >= 15 is 0 Å². The number of pyridine rings is 1. The third-order valence-corrected chi connectivity index (χ3v) is 7.15. The summed E-state index contributed by atoms with van der Waals surface area (Å²) >= 11 is 0. The summed E-state index contributed by atoms with van der Waals surface area (Å²) in [5, 5.41) is 2.17. The van der Waals surface area contributed by atoms with Crippen molar-refractivity contribution in [2.75, 3.05) is 0 Å². The molecule has 0 aliphatic heterocycles. The third-order valence-electron chi connectivity index (χ3n) is 7.15. The van der Waals surface area contributed by atoms with Gasteiger partial charge in [-0.1, -0.05) is 87.5 Å². The van der Waals surface area contributed by atoms with Crippen molar-refractivity contribution < 1.29 is 4.42 Å². The van der Waals surface area contributed by atoms with Crippen LogP contribution in [0.5, 0.6) is 0 Å². The molecule has 7 rings (SSSR count). The number of para-hydroxylation sites is 2. The highest BCUT2D eigenvalue weighted by Crippen LogP contribution is 2.39. The number of benzene rings is 4. The summed E-state index contributed by atoms with van der Waals surface area (Å²) in [6.45, 7) is 6.53. The van der Waals surface area contributed by atoms with Gasteiger partial charge in [0.15, 0.2) is 11.5 Å². The number of hydrogen-bond donors (Lipinski definition) is 0. The van der Waals surface area contributed by atoms with Crippen molar-refractivity contribution in [3.05, 3.63) is 115 Å². The average molecular weight is 494 g/mol. The second-order valence-electron chi connectivity index (χ2n) is 10.8. The SMILES string of the molecule is CC(C)(C)c1ccc2c(n1)nc(-c1cccc3c1oc1cc(-c4ccccc4)ccc13)n2-c1ccccc1. The molecular formula is C34H27N3O. The first kappa shape index (κ1) is 22.5. The lowest BCUT2D eigenvalue weighted by Crippen LogP contribution is -2.13. The summed E-state index contributed by atoms with van der Waals surface area (Å²) in [7, 11) is 0. The van der Waals surface area contributed by atoms with Crippen LogP contribution in [0.4, 0.5) is 0 Å². The molecular weight excluding hydrogens is 466 g/mol. The summed E-state index contributed by atoms with van der Waals surface area (Å²) < 4.78 is 8.78. The van der Waals surface area contributed by atoms with Gasteiger partial charge >= 0.3 is 0 Å². The van der Waals surface area contributed by atoms with Crippen LogP contribution in [0.3, 0.4) is 0 Å². The number of imidazole rings is 1. The van der Waals surface area contributed by atoms with Crippen LogP contribution in [0.25, 0.3) is 61.3 Å². The van der Waals surface area contributed by atoms with Crippen molar-refractivity contribution >= 4 is 33.1 Å². The zero-order chi connectivity index (χ0) is 25.9. The highest BCUT2D eigenvalue weighted by molar-refractivity contribution is 6.10. The first-order chi connectivity index (χ1) is 18.5. The predicted octanol–water partition coefficient (Wildman–Crippen LogP) is 8.95. The topological polar surface area (TPSA) is 43.9 Å². The summed E-state index contributed by atoms with van der Waals surface area (Å²) in [5.74, 6) is 0.817. The molecule has 0 fully saturated rings. The Labute approximate surface area is 221 Å². The molecule has 0 spiro atoms. The zero-order valence-corrected chi connectivity index (χ0v) is 21.6. The van der Waals surface area contributed by atoms with Gasteiger partial charge in [-0.05, 0) is 53.6 Å². The number of rotatable bonds is 3. The fraction of sp³-hybridized carbons (Fsp3) is 0.118. The fourth-order valence-corrected chi connectivity index (χ4v) is 5.18. The minimum atomic E-state index is -0.0694. The van der Waals surface area contributed by atoms with Gasteiger partial charge in [-0.2, -0.15) is 0 Å². The van der Waals surface area contributed by atoms with Crippen LogP contribution in [0, 0.1) is 0 Å². The van der Waals surface area contributed by atoms with Crippen LogP contribution in [0.15, 0.2) is 114 Å². The molecule has 7 aromatic rings. The molecule has 0 atom stereocenters. The Hall–Kier alpha value is -4.70. The molecule has 0 aliphatic carbocycles. The second-order valence-corrected chi connectivity index (χ2v) is 10.8. The van der Waals surface area contributed by atoms with Crippen LogP contribution in [-0.2, 0) is 5.41 Å².